The molecule has 0 amide bonds. The van der Waals surface area contributed by atoms with Crippen molar-refractivity contribution in [1.29, 1.82) is 0 Å². The lowest BCUT2D eigenvalue weighted by molar-refractivity contribution is -0.148. The van der Waals surface area contributed by atoms with Gasteiger partial charge in [-0.15, -0.1) is 0 Å². The lowest BCUT2D eigenvalue weighted by atomic mass is 9.98. The normalized spacial score (nSPS) is 14.5. The van der Waals surface area contributed by atoms with E-state index in [1.54, 1.807) is 13.8 Å². The molecule has 0 aliphatic carbocycles. The molecule has 0 rings (SSSR count). The number of methoxy groups -OCH3 is 2. The maximum atomic E-state index is 11.0. The second-order valence-corrected chi connectivity index (χ2v) is 3.08. The predicted octanol–water partition coefficient (Wildman–Crippen LogP) is 0.995. The number of hydrogen-bond donors (Lipinski definition) is 0. The van der Waals surface area contributed by atoms with Crippen LogP contribution in [0.2, 0.25) is 0 Å². The molecule has 0 heterocycles. The van der Waals surface area contributed by atoms with Crippen LogP contribution in [0.1, 0.15) is 20.3 Å². The van der Waals surface area contributed by atoms with E-state index in [4.69, 9.17) is 0 Å². The van der Waals surface area contributed by atoms with E-state index in [0.717, 1.165) is 0 Å². The van der Waals surface area contributed by atoms with Gasteiger partial charge in [-0.1, -0.05) is 13.8 Å². The quantitative estimate of drug-likeness (QED) is 0.617. The van der Waals surface area contributed by atoms with Crippen molar-refractivity contribution in [2.24, 2.45) is 11.8 Å². The molecule has 0 aliphatic rings. The van der Waals surface area contributed by atoms with Gasteiger partial charge in [0.25, 0.3) is 0 Å². The summed E-state index contributed by atoms with van der Waals surface area (Å²) < 4.78 is 9.07. The zero-order chi connectivity index (χ0) is 10.4. The predicted molar refractivity (Wildman–Crippen MR) is 47.0 cm³/mol. The minimum absolute atomic E-state index is 0.265. The highest BCUT2D eigenvalue weighted by atomic mass is 16.5. The molecular formula is C9H16O4. The third-order valence-corrected chi connectivity index (χ3v) is 1.91. The fourth-order valence-corrected chi connectivity index (χ4v) is 1.13. The number of ether oxygens (including phenoxy) is 2. The number of carbonyl (C=O) groups excluding carboxylic acids is 2. The van der Waals surface area contributed by atoms with Crippen LogP contribution in [-0.4, -0.2) is 26.2 Å². The number of carbonyl (C=O) groups is 2. The van der Waals surface area contributed by atoms with Crippen LogP contribution in [0.3, 0.4) is 0 Å². The van der Waals surface area contributed by atoms with Gasteiger partial charge in [0, 0.05) is 0 Å². The van der Waals surface area contributed by atoms with E-state index >= 15 is 0 Å². The number of hydrogen-bond acceptors (Lipinski definition) is 4. The first-order valence-corrected chi connectivity index (χ1v) is 4.18. The van der Waals surface area contributed by atoms with Gasteiger partial charge < -0.3 is 9.47 Å². The highest BCUT2D eigenvalue weighted by Crippen LogP contribution is 2.13. The summed E-state index contributed by atoms with van der Waals surface area (Å²) in [6, 6.07) is 0. The van der Waals surface area contributed by atoms with E-state index in [1.807, 2.05) is 0 Å². The Balaban J connectivity index is 3.98. The summed E-state index contributed by atoms with van der Waals surface area (Å²) in [6.07, 6.45) is 0.458. The maximum Gasteiger partial charge on any atom is 0.308 e. The zero-order valence-electron chi connectivity index (χ0n) is 8.49. The van der Waals surface area contributed by atoms with Crippen molar-refractivity contribution < 1.29 is 19.1 Å². The van der Waals surface area contributed by atoms with Crippen molar-refractivity contribution in [1.82, 2.24) is 0 Å². The molecule has 76 valence electrons. The second kappa shape index (κ2) is 5.56. The lowest BCUT2D eigenvalue weighted by Gasteiger charge is -2.13. The Morgan fingerprint density at radius 1 is 1.00 bits per heavy atom. The van der Waals surface area contributed by atoms with Crippen LogP contribution in [0.4, 0.5) is 0 Å². The summed E-state index contributed by atoms with van der Waals surface area (Å²) in [4.78, 5) is 22.0. The van der Waals surface area contributed by atoms with Crippen LogP contribution in [0, 0.1) is 11.8 Å². The summed E-state index contributed by atoms with van der Waals surface area (Å²) in [5.41, 5.74) is 0. The van der Waals surface area contributed by atoms with Gasteiger partial charge >= 0.3 is 11.9 Å². The van der Waals surface area contributed by atoms with Crippen molar-refractivity contribution in [3.05, 3.63) is 0 Å². The Labute approximate surface area is 78.2 Å². The summed E-state index contributed by atoms with van der Waals surface area (Å²) in [6.45, 7) is 3.45. The monoisotopic (exact) mass is 188 g/mol. The first kappa shape index (κ1) is 11.9. The highest BCUT2D eigenvalue weighted by Gasteiger charge is 2.21. The summed E-state index contributed by atoms with van der Waals surface area (Å²) in [5, 5.41) is 0. The van der Waals surface area contributed by atoms with Gasteiger partial charge in [0.15, 0.2) is 0 Å². The number of rotatable bonds is 4. The molecule has 0 saturated heterocycles. The second-order valence-electron chi connectivity index (χ2n) is 3.08. The highest BCUT2D eigenvalue weighted by molar-refractivity contribution is 5.75. The molecule has 2 atom stereocenters. The van der Waals surface area contributed by atoms with Gasteiger partial charge in [0.05, 0.1) is 26.1 Å². The minimum Gasteiger partial charge on any atom is -0.469 e. The van der Waals surface area contributed by atoms with Gasteiger partial charge in [0.1, 0.15) is 0 Å². The molecule has 13 heavy (non-hydrogen) atoms. The van der Waals surface area contributed by atoms with Gasteiger partial charge in [-0.3, -0.25) is 9.59 Å². The van der Waals surface area contributed by atoms with Crippen LogP contribution in [0.15, 0.2) is 0 Å². The fourth-order valence-electron chi connectivity index (χ4n) is 1.13. The molecule has 4 heteroatoms. The van der Waals surface area contributed by atoms with Gasteiger partial charge in [0.2, 0.25) is 0 Å². The molecule has 0 fully saturated rings. The van der Waals surface area contributed by atoms with E-state index in [1.165, 1.54) is 14.2 Å². The Morgan fingerprint density at radius 3 is 1.54 bits per heavy atom. The molecule has 0 unspecified atom stereocenters. The van der Waals surface area contributed by atoms with Crippen molar-refractivity contribution in [2.45, 2.75) is 20.3 Å². The van der Waals surface area contributed by atoms with E-state index in [2.05, 4.69) is 9.47 Å². The molecular weight excluding hydrogens is 172 g/mol. The lowest BCUT2D eigenvalue weighted by Crippen LogP contribution is -2.21. The molecule has 0 radical (unpaired) electrons. The molecule has 0 saturated carbocycles. The molecule has 0 spiro atoms. The Bertz CT molecular complexity index is 168. The van der Waals surface area contributed by atoms with Crippen molar-refractivity contribution in [3.63, 3.8) is 0 Å². The molecule has 0 aromatic carbocycles. The first-order valence-electron chi connectivity index (χ1n) is 4.18. The molecule has 4 nitrogen and oxygen atoms in total. The van der Waals surface area contributed by atoms with Crippen molar-refractivity contribution in [3.8, 4) is 0 Å². The summed E-state index contributed by atoms with van der Waals surface area (Å²) in [5.74, 6) is -1.12. The average Bonchev–Trinajstić information content (AvgIpc) is 2.14. The SMILES string of the molecule is COC(=O)[C@H](C)C[C@@H](C)C(=O)OC. The molecule has 0 aromatic rings. The Morgan fingerprint density at radius 2 is 1.31 bits per heavy atom. The van der Waals surface area contributed by atoms with Crippen LogP contribution in [-0.2, 0) is 19.1 Å². The molecule has 0 N–H and O–H groups in total. The van der Waals surface area contributed by atoms with E-state index < -0.39 is 0 Å². The molecule has 0 bridgehead atoms. The zero-order valence-corrected chi connectivity index (χ0v) is 8.49. The van der Waals surface area contributed by atoms with Gasteiger partial charge in [-0.2, -0.15) is 0 Å². The standard InChI is InChI=1S/C9H16O4/c1-6(8(10)12-3)5-7(2)9(11)13-4/h6-7H,5H2,1-4H3/t6-,7-/m1/s1. The average molecular weight is 188 g/mol. The maximum absolute atomic E-state index is 11.0. The Kier molecular flexibility index (Phi) is 5.11. The third-order valence-electron chi connectivity index (χ3n) is 1.91. The van der Waals surface area contributed by atoms with Crippen molar-refractivity contribution >= 4 is 11.9 Å². The van der Waals surface area contributed by atoms with E-state index in [-0.39, 0.29) is 23.8 Å². The van der Waals surface area contributed by atoms with E-state index in [9.17, 15) is 9.59 Å². The smallest absolute Gasteiger partial charge is 0.308 e. The fraction of sp³-hybridized carbons (Fsp3) is 0.778. The molecule has 0 aliphatic heterocycles. The topological polar surface area (TPSA) is 52.6 Å². The largest absolute Gasteiger partial charge is 0.469 e. The van der Waals surface area contributed by atoms with E-state index in [0.29, 0.717) is 6.42 Å². The van der Waals surface area contributed by atoms with Crippen molar-refractivity contribution in [2.75, 3.05) is 14.2 Å². The number of esters is 2. The van der Waals surface area contributed by atoms with Gasteiger partial charge in [-0.05, 0) is 6.42 Å². The van der Waals surface area contributed by atoms with Gasteiger partial charge in [-0.25, -0.2) is 0 Å². The van der Waals surface area contributed by atoms with Crippen LogP contribution >= 0.6 is 0 Å². The minimum atomic E-state index is -0.296. The molecule has 0 aromatic heterocycles. The summed E-state index contributed by atoms with van der Waals surface area (Å²) >= 11 is 0. The first-order chi connectivity index (χ1) is 6.02. The summed E-state index contributed by atoms with van der Waals surface area (Å²) in [7, 11) is 2.67. The Hall–Kier alpha value is -1.06. The van der Waals surface area contributed by atoms with Crippen LogP contribution < -0.4 is 0 Å². The third kappa shape index (κ3) is 3.92. The van der Waals surface area contributed by atoms with Crippen LogP contribution in [0.5, 0.6) is 0 Å². The van der Waals surface area contributed by atoms with Crippen LogP contribution in [0.25, 0.3) is 0 Å².